The van der Waals surface area contributed by atoms with E-state index in [1.807, 2.05) is 0 Å². The van der Waals surface area contributed by atoms with Crippen LogP contribution in [0.1, 0.15) is 0 Å². The van der Waals surface area contributed by atoms with Gasteiger partial charge in [0.2, 0.25) is 14.0 Å². The molecule has 1 rings (SSSR count). The van der Waals surface area contributed by atoms with E-state index in [-0.39, 0.29) is 10.6 Å². The molecule has 0 fully saturated rings. The van der Waals surface area contributed by atoms with Gasteiger partial charge in [0.05, 0.1) is 9.82 Å². The molecule has 0 heterocycles. The first-order valence-electron chi connectivity index (χ1n) is 4.65. The predicted molar refractivity (Wildman–Crippen MR) is 70.1 cm³/mol. The van der Waals surface area contributed by atoms with E-state index in [1.165, 1.54) is 17.0 Å². The maximum atomic E-state index is 11.7. The highest BCUT2D eigenvalue weighted by atomic mass is 35.5. The summed E-state index contributed by atoms with van der Waals surface area (Å²) in [6, 6.07) is 3.51. The van der Waals surface area contributed by atoms with E-state index in [0.717, 1.165) is 6.07 Å². The molecule has 0 saturated carbocycles. The molecule has 0 N–H and O–H groups in total. The van der Waals surface area contributed by atoms with Crippen LogP contribution in [-0.2, 0) is 9.84 Å². The van der Waals surface area contributed by atoms with Gasteiger partial charge in [-0.3, -0.25) is 10.1 Å². The summed E-state index contributed by atoms with van der Waals surface area (Å²) < 4.78 is 21.7. The number of benzene rings is 1. The Labute approximate surface area is 114 Å². The maximum absolute atomic E-state index is 11.7. The minimum Gasteiger partial charge on any atom is -0.372 e. The minimum atomic E-state index is -3.97. The van der Waals surface area contributed by atoms with Crippen molar-refractivity contribution < 1.29 is 13.3 Å². The zero-order valence-electron chi connectivity index (χ0n) is 9.50. The first-order valence-corrected chi connectivity index (χ1v) is 7.07. The molecule has 0 radical (unpaired) electrons. The Kier molecular flexibility index (Phi) is 4.41. The number of alkyl halides is 2. The first-order chi connectivity index (χ1) is 8.17. The Hall–Kier alpha value is -1.05. The van der Waals surface area contributed by atoms with Crippen molar-refractivity contribution >= 4 is 44.4 Å². The molecule has 6 nitrogen and oxygen atoms in total. The van der Waals surface area contributed by atoms with E-state index in [9.17, 15) is 18.5 Å². The number of hydrogen-bond acceptors (Lipinski definition) is 5. The van der Waals surface area contributed by atoms with Gasteiger partial charge in [-0.25, -0.2) is 8.42 Å². The number of rotatable bonds is 4. The van der Waals surface area contributed by atoms with Crippen molar-refractivity contribution in [1.29, 1.82) is 0 Å². The summed E-state index contributed by atoms with van der Waals surface area (Å²) >= 11 is 10.7. The Morgan fingerprint density at radius 3 is 2.28 bits per heavy atom. The number of sulfone groups is 1. The molecule has 1 aromatic rings. The summed E-state index contributed by atoms with van der Waals surface area (Å²) in [6.45, 7) is 0. The topological polar surface area (TPSA) is 80.5 Å². The zero-order valence-corrected chi connectivity index (χ0v) is 11.8. The number of hydrogen-bond donors (Lipinski definition) is 0. The number of anilines is 1. The lowest BCUT2D eigenvalue weighted by Crippen LogP contribution is -2.13. The highest BCUT2D eigenvalue weighted by Crippen LogP contribution is 2.31. The van der Waals surface area contributed by atoms with Gasteiger partial charge in [-0.2, -0.15) is 0 Å². The average Bonchev–Trinajstić information content (AvgIpc) is 2.27. The van der Waals surface area contributed by atoms with E-state index in [2.05, 4.69) is 0 Å². The molecule has 100 valence electrons. The van der Waals surface area contributed by atoms with Crippen LogP contribution in [0.5, 0.6) is 0 Å². The van der Waals surface area contributed by atoms with Crippen molar-refractivity contribution in [2.75, 3.05) is 19.0 Å². The summed E-state index contributed by atoms with van der Waals surface area (Å²) in [6.07, 6.45) is 0. The molecule has 0 aliphatic carbocycles. The summed E-state index contributed by atoms with van der Waals surface area (Å²) in [5.41, 5.74) is -0.0327. The highest BCUT2D eigenvalue weighted by molar-refractivity contribution is 7.94. The fraction of sp³-hybridized carbons (Fsp3) is 0.333. The molecule has 0 spiro atoms. The molecule has 0 aromatic heterocycles. The molecule has 0 aliphatic rings. The third-order valence-corrected chi connectivity index (χ3v) is 4.98. The molecule has 0 bridgehead atoms. The van der Waals surface area contributed by atoms with E-state index >= 15 is 0 Å². The quantitative estimate of drug-likeness (QED) is 0.483. The second-order valence-electron chi connectivity index (χ2n) is 3.61. The van der Waals surface area contributed by atoms with Crippen LogP contribution in [0.25, 0.3) is 0 Å². The Morgan fingerprint density at radius 1 is 1.33 bits per heavy atom. The fourth-order valence-electron chi connectivity index (χ4n) is 1.31. The van der Waals surface area contributed by atoms with Gasteiger partial charge in [-0.05, 0) is 12.1 Å². The monoisotopic (exact) mass is 312 g/mol. The van der Waals surface area contributed by atoms with Gasteiger partial charge in [0.25, 0.3) is 5.69 Å². The van der Waals surface area contributed by atoms with Crippen LogP contribution in [0.15, 0.2) is 23.1 Å². The summed E-state index contributed by atoms with van der Waals surface area (Å²) in [4.78, 5) is 11.5. The van der Waals surface area contributed by atoms with E-state index in [0.29, 0.717) is 5.69 Å². The third-order valence-electron chi connectivity index (χ3n) is 2.19. The SMILES string of the molecule is CN(C)c1ccc(S(=O)(=O)C(Cl)Cl)cc1[N+](=O)[O-]. The Morgan fingerprint density at radius 2 is 1.89 bits per heavy atom. The lowest BCUT2D eigenvalue weighted by atomic mass is 10.2. The molecule has 9 heteroatoms. The molecule has 0 amide bonds. The van der Waals surface area contributed by atoms with Gasteiger partial charge in [0.1, 0.15) is 5.69 Å². The number of nitro benzene ring substituents is 1. The van der Waals surface area contributed by atoms with Crippen molar-refractivity contribution in [2.45, 2.75) is 9.06 Å². The fourth-order valence-corrected chi connectivity index (χ4v) is 2.66. The van der Waals surface area contributed by atoms with Crippen molar-refractivity contribution in [3.63, 3.8) is 0 Å². The van der Waals surface area contributed by atoms with E-state index in [4.69, 9.17) is 23.2 Å². The summed E-state index contributed by atoms with van der Waals surface area (Å²) in [7, 11) is -0.740. The maximum Gasteiger partial charge on any atom is 0.293 e. The van der Waals surface area contributed by atoms with Crippen LogP contribution in [0.2, 0.25) is 0 Å². The number of nitro groups is 1. The van der Waals surface area contributed by atoms with Crippen LogP contribution in [0.4, 0.5) is 11.4 Å². The standard InChI is InChI=1S/C9H10Cl2N2O4S/c1-12(2)7-4-3-6(5-8(7)13(14)15)18(16,17)9(10)11/h3-5,9H,1-2H3. The van der Waals surface area contributed by atoms with Crippen molar-refractivity contribution in [3.8, 4) is 0 Å². The lowest BCUT2D eigenvalue weighted by molar-refractivity contribution is -0.384. The van der Waals surface area contributed by atoms with E-state index in [1.54, 1.807) is 14.1 Å². The second-order valence-corrected chi connectivity index (χ2v) is 7.25. The number of halogens is 2. The van der Waals surface area contributed by atoms with Crippen LogP contribution < -0.4 is 4.90 Å². The second kappa shape index (κ2) is 5.29. The number of nitrogens with zero attached hydrogens (tertiary/aromatic N) is 2. The van der Waals surface area contributed by atoms with Crippen LogP contribution in [0.3, 0.4) is 0 Å². The molecular weight excluding hydrogens is 303 g/mol. The molecule has 0 saturated heterocycles. The molecule has 1 aromatic carbocycles. The molecule has 0 aliphatic heterocycles. The smallest absolute Gasteiger partial charge is 0.293 e. The third kappa shape index (κ3) is 2.85. The normalized spacial score (nSPS) is 11.6. The van der Waals surface area contributed by atoms with Crippen molar-refractivity contribution in [2.24, 2.45) is 0 Å². The van der Waals surface area contributed by atoms with Gasteiger partial charge >= 0.3 is 0 Å². The van der Waals surface area contributed by atoms with E-state index < -0.39 is 18.9 Å². The van der Waals surface area contributed by atoms with Crippen LogP contribution in [0, 0.1) is 10.1 Å². The van der Waals surface area contributed by atoms with Gasteiger partial charge in [-0.15, -0.1) is 0 Å². The Balaban J connectivity index is 3.46. The van der Waals surface area contributed by atoms with Gasteiger partial charge in [-0.1, -0.05) is 23.2 Å². The lowest BCUT2D eigenvalue weighted by Gasteiger charge is -2.13. The molecule has 0 unspecified atom stereocenters. The van der Waals surface area contributed by atoms with Gasteiger partial charge < -0.3 is 4.90 Å². The first kappa shape index (κ1) is 15.0. The van der Waals surface area contributed by atoms with Gasteiger partial charge in [0.15, 0.2) is 0 Å². The predicted octanol–water partition coefficient (Wildman–Crippen LogP) is 2.20. The zero-order chi connectivity index (χ0) is 14.1. The minimum absolute atomic E-state index is 0.283. The molecular formula is C9H10Cl2N2O4S. The Bertz CT molecular complexity index is 572. The molecule has 18 heavy (non-hydrogen) atoms. The average molecular weight is 313 g/mol. The highest BCUT2D eigenvalue weighted by Gasteiger charge is 2.27. The van der Waals surface area contributed by atoms with Crippen LogP contribution >= 0.6 is 23.2 Å². The van der Waals surface area contributed by atoms with Crippen molar-refractivity contribution in [3.05, 3.63) is 28.3 Å². The van der Waals surface area contributed by atoms with Crippen LogP contribution in [-0.4, -0.2) is 31.6 Å². The van der Waals surface area contributed by atoms with Crippen molar-refractivity contribution in [1.82, 2.24) is 0 Å². The summed E-state index contributed by atoms with van der Waals surface area (Å²) in [5.74, 6) is 0. The largest absolute Gasteiger partial charge is 0.372 e. The molecule has 0 atom stereocenters. The summed E-state index contributed by atoms with van der Waals surface area (Å²) in [5, 5.41) is 10.9. The van der Waals surface area contributed by atoms with Gasteiger partial charge in [0, 0.05) is 20.2 Å².